The minimum Gasteiger partial charge on any atom is -0.319 e. The van der Waals surface area contributed by atoms with E-state index in [0.29, 0.717) is 5.15 Å². The molecule has 0 unspecified atom stereocenters. The lowest BCUT2D eigenvalue weighted by atomic mass is 9.90. The van der Waals surface area contributed by atoms with Crippen LogP contribution in [0.2, 0.25) is 5.15 Å². The summed E-state index contributed by atoms with van der Waals surface area (Å²) < 4.78 is 1.89. The van der Waals surface area contributed by atoms with E-state index in [1.807, 2.05) is 24.6 Å². The van der Waals surface area contributed by atoms with Crippen molar-refractivity contribution in [3.8, 4) is 0 Å². The maximum absolute atomic E-state index is 6.12. The van der Waals surface area contributed by atoms with E-state index in [0.717, 1.165) is 22.6 Å². The smallest absolute Gasteiger partial charge is 0.144 e. The summed E-state index contributed by atoms with van der Waals surface area (Å²) in [5, 5.41) is 1.74. The highest BCUT2D eigenvalue weighted by molar-refractivity contribution is 6.30. The van der Waals surface area contributed by atoms with Gasteiger partial charge in [-0.3, -0.25) is 0 Å². The summed E-state index contributed by atoms with van der Waals surface area (Å²) in [4.78, 5) is 8.98. The van der Waals surface area contributed by atoms with Crippen molar-refractivity contribution in [2.75, 3.05) is 0 Å². The molecule has 4 heteroatoms. The number of fused-ring (bicyclic) bond motifs is 1. The second kappa shape index (κ2) is 3.45. The van der Waals surface area contributed by atoms with E-state index in [9.17, 15) is 0 Å². The van der Waals surface area contributed by atoms with Crippen LogP contribution in [0, 0.1) is 6.92 Å². The minimum absolute atomic E-state index is 0.00334. The van der Waals surface area contributed by atoms with Gasteiger partial charge in [-0.1, -0.05) is 32.4 Å². The third kappa shape index (κ3) is 1.69. The van der Waals surface area contributed by atoms with Crippen LogP contribution in [0.15, 0.2) is 6.07 Å². The third-order valence-corrected chi connectivity index (χ3v) is 3.01. The van der Waals surface area contributed by atoms with Crippen molar-refractivity contribution in [3.63, 3.8) is 0 Å². The van der Waals surface area contributed by atoms with Crippen LogP contribution in [0.5, 0.6) is 0 Å². The summed E-state index contributed by atoms with van der Waals surface area (Å²) in [6, 6.07) is 1.94. The number of halogens is 1. The highest BCUT2D eigenvalue weighted by Gasteiger charge is 2.22. The Hall–Kier alpha value is -1.09. The molecule has 86 valence electrons. The van der Waals surface area contributed by atoms with Gasteiger partial charge in [-0.15, -0.1) is 0 Å². The maximum atomic E-state index is 6.12. The van der Waals surface area contributed by atoms with Gasteiger partial charge in [0.2, 0.25) is 0 Å². The Morgan fingerprint density at radius 1 is 1.25 bits per heavy atom. The molecule has 3 nitrogen and oxygen atoms in total. The molecule has 0 aliphatic heterocycles. The zero-order valence-electron chi connectivity index (χ0n) is 10.3. The topological polar surface area (TPSA) is 30.7 Å². The van der Waals surface area contributed by atoms with Crippen LogP contribution in [0.25, 0.3) is 11.0 Å². The minimum atomic E-state index is -0.00334. The van der Waals surface area contributed by atoms with Gasteiger partial charge in [-0.2, -0.15) is 0 Å². The standard InChI is InChI=1S/C12H16ClN3/c1-7-14-10(12(2,3)4)8-6-9(13)16(5)11(8)15-7/h6H,1-5H3. The van der Waals surface area contributed by atoms with E-state index in [1.54, 1.807) is 0 Å². The number of hydrogen-bond acceptors (Lipinski definition) is 2. The van der Waals surface area contributed by atoms with Crippen molar-refractivity contribution in [1.29, 1.82) is 0 Å². The summed E-state index contributed by atoms with van der Waals surface area (Å²) >= 11 is 6.12. The third-order valence-electron chi connectivity index (χ3n) is 2.65. The number of nitrogens with zero attached hydrogens (tertiary/aromatic N) is 3. The Labute approximate surface area is 100 Å². The molecule has 2 aromatic rings. The molecule has 0 radical (unpaired) electrons. The van der Waals surface area contributed by atoms with Crippen LogP contribution < -0.4 is 0 Å². The van der Waals surface area contributed by atoms with Crippen LogP contribution in [0.3, 0.4) is 0 Å². The van der Waals surface area contributed by atoms with Crippen LogP contribution in [0.1, 0.15) is 32.3 Å². The lowest BCUT2D eigenvalue weighted by Gasteiger charge is -2.19. The number of aryl methyl sites for hydroxylation is 2. The molecule has 0 fully saturated rings. The Bertz CT molecular complexity index is 549. The molecule has 2 heterocycles. The molecule has 0 saturated heterocycles. The van der Waals surface area contributed by atoms with E-state index >= 15 is 0 Å². The summed E-state index contributed by atoms with van der Waals surface area (Å²) in [6.07, 6.45) is 0. The number of hydrogen-bond donors (Lipinski definition) is 0. The van der Waals surface area contributed by atoms with Crippen LogP contribution >= 0.6 is 11.6 Å². The van der Waals surface area contributed by atoms with Crippen molar-refractivity contribution in [3.05, 3.63) is 22.7 Å². The maximum Gasteiger partial charge on any atom is 0.144 e. The van der Waals surface area contributed by atoms with E-state index in [1.165, 1.54) is 0 Å². The Morgan fingerprint density at radius 3 is 2.44 bits per heavy atom. The lowest BCUT2D eigenvalue weighted by Crippen LogP contribution is -2.15. The van der Waals surface area contributed by atoms with Crippen molar-refractivity contribution < 1.29 is 0 Å². The molecule has 0 N–H and O–H groups in total. The fourth-order valence-electron chi connectivity index (χ4n) is 1.84. The summed E-state index contributed by atoms with van der Waals surface area (Å²) in [6.45, 7) is 8.36. The Kier molecular flexibility index (Phi) is 2.46. The summed E-state index contributed by atoms with van der Waals surface area (Å²) in [5.74, 6) is 0.787. The lowest BCUT2D eigenvalue weighted by molar-refractivity contribution is 0.571. The van der Waals surface area contributed by atoms with Crippen molar-refractivity contribution >= 4 is 22.6 Å². The quantitative estimate of drug-likeness (QED) is 0.704. The molecule has 0 aliphatic carbocycles. The second-order valence-corrected chi connectivity index (χ2v) is 5.52. The molecule has 16 heavy (non-hydrogen) atoms. The zero-order valence-corrected chi connectivity index (χ0v) is 11.1. The summed E-state index contributed by atoms with van der Waals surface area (Å²) in [5.41, 5.74) is 1.95. The zero-order chi connectivity index (χ0) is 12.1. The van der Waals surface area contributed by atoms with Crippen LogP contribution in [-0.4, -0.2) is 14.5 Å². The average molecular weight is 238 g/mol. The van der Waals surface area contributed by atoms with Gasteiger partial charge >= 0.3 is 0 Å². The fourth-order valence-corrected chi connectivity index (χ4v) is 2.03. The first-order valence-electron chi connectivity index (χ1n) is 5.31. The monoisotopic (exact) mass is 237 g/mol. The van der Waals surface area contributed by atoms with Crippen molar-refractivity contribution in [2.45, 2.75) is 33.1 Å². The van der Waals surface area contributed by atoms with Gasteiger partial charge in [-0.05, 0) is 13.0 Å². The van der Waals surface area contributed by atoms with Gasteiger partial charge in [0.05, 0.1) is 5.69 Å². The molecule has 0 amide bonds. The molecule has 0 bridgehead atoms. The highest BCUT2D eigenvalue weighted by Crippen LogP contribution is 2.30. The molecule has 0 aromatic carbocycles. The molecular formula is C12H16ClN3. The van der Waals surface area contributed by atoms with E-state index in [-0.39, 0.29) is 5.41 Å². The van der Waals surface area contributed by atoms with Gasteiger partial charge in [0.25, 0.3) is 0 Å². The van der Waals surface area contributed by atoms with Crippen molar-refractivity contribution in [2.24, 2.45) is 7.05 Å². The molecule has 0 spiro atoms. The molecule has 2 rings (SSSR count). The highest BCUT2D eigenvalue weighted by atomic mass is 35.5. The second-order valence-electron chi connectivity index (χ2n) is 5.13. The van der Waals surface area contributed by atoms with Gasteiger partial charge in [0, 0.05) is 17.8 Å². The molecule has 0 atom stereocenters. The van der Waals surface area contributed by atoms with E-state index < -0.39 is 0 Å². The molecule has 2 aromatic heterocycles. The first-order valence-corrected chi connectivity index (χ1v) is 5.68. The van der Waals surface area contributed by atoms with E-state index in [4.69, 9.17) is 11.6 Å². The predicted octanol–water partition coefficient (Wildman–Crippen LogP) is 3.23. The molecular weight excluding hydrogens is 222 g/mol. The molecule has 0 saturated carbocycles. The normalized spacial score (nSPS) is 12.4. The number of rotatable bonds is 0. The average Bonchev–Trinajstić information content (AvgIpc) is 2.42. The predicted molar refractivity (Wildman–Crippen MR) is 67.0 cm³/mol. The van der Waals surface area contributed by atoms with Crippen LogP contribution in [-0.2, 0) is 12.5 Å². The van der Waals surface area contributed by atoms with Gasteiger partial charge in [-0.25, -0.2) is 9.97 Å². The molecule has 0 aliphatic rings. The SMILES string of the molecule is Cc1nc(C(C)(C)C)c2cc(Cl)n(C)c2n1. The van der Waals surface area contributed by atoms with Gasteiger partial charge < -0.3 is 4.57 Å². The Morgan fingerprint density at radius 2 is 1.88 bits per heavy atom. The largest absolute Gasteiger partial charge is 0.319 e. The number of aromatic nitrogens is 3. The first kappa shape index (κ1) is 11.4. The Balaban J connectivity index is 2.89. The van der Waals surface area contributed by atoms with Gasteiger partial charge in [0.15, 0.2) is 0 Å². The van der Waals surface area contributed by atoms with Crippen LogP contribution in [0.4, 0.5) is 0 Å². The summed E-state index contributed by atoms with van der Waals surface area (Å²) in [7, 11) is 1.92. The van der Waals surface area contributed by atoms with Crippen molar-refractivity contribution in [1.82, 2.24) is 14.5 Å². The van der Waals surface area contributed by atoms with E-state index in [2.05, 4.69) is 30.7 Å². The first-order chi connectivity index (χ1) is 7.30. The van der Waals surface area contributed by atoms with Gasteiger partial charge in [0.1, 0.15) is 16.6 Å². The fraction of sp³-hybridized carbons (Fsp3) is 0.500.